The zero-order valence-corrected chi connectivity index (χ0v) is 17.0. The number of benzene rings is 3. The van der Waals surface area contributed by atoms with Crippen LogP contribution in [0.25, 0.3) is 0 Å². The Balaban J connectivity index is 2.17. The van der Waals surface area contributed by atoms with Crippen molar-refractivity contribution in [3.05, 3.63) is 94.5 Å². The summed E-state index contributed by atoms with van der Waals surface area (Å²) < 4.78 is 90.2. The molecule has 4 nitrogen and oxygen atoms in total. The summed E-state index contributed by atoms with van der Waals surface area (Å²) in [7, 11) is 1.10. The van der Waals surface area contributed by atoms with Gasteiger partial charge in [-0.15, -0.1) is 0 Å². The predicted molar refractivity (Wildman–Crippen MR) is 108 cm³/mol. The van der Waals surface area contributed by atoms with Crippen molar-refractivity contribution in [2.45, 2.75) is 18.5 Å². The number of esters is 1. The van der Waals surface area contributed by atoms with Crippen molar-refractivity contribution in [3.63, 3.8) is 0 Å². The van der Waals surface area contributed by atoms with E-state index in [1.807, 2.05) is 0 Å². The highest BCUT2D eigenvalue weighted by Crippen LogP contribution is 2.37. The molecular weight excluding hydrogens is 452 g/mol. The molecule has 0 saturated carbocycles. The van der Waals surface area contributed by atoms with Crippen molar-refractivity contribution in [2.24, 2.45) is 0 Å². The summed E-state index contributed by atoms with van der Waals surface area (Å²) in [6, 6.07) is 11.9. The van der Waals surface area contributed by atoms with Crippen LogP contribution in [-0.4, -0.2) is 13.1 Å². The first-order chi connectivity index (χ1) is 15.4. The molecule has 2 N–H and O–H groups in total. The monoisotopic (exact) mass is 469 g/mol. The van der Waals surface area contributed by atoms with Crippen LogP contribution in [0.15, 0.2) is 66.7 Å². The minimum atomic E-state index is -4.69. The molecule has 0 fully saturated rings. The van der Waals surface area contributed by atoms with Crippen LogP contribution in [0, 0.1) is 0 Å². The molecule has 174 valence electrons. The lowest BCUT2D eigenvalue weighted by Gasteiger charge is -2.23. The van der Waals surface area contributed by atoms with Crippen molar-refractivity contribution >= 4 is 11.7 Å². The molecular formula is C23H17F6NO3. The molecule has 0 saturated heterocycles. The molecule has 0 aliphatic rings. The number of rotatable bonds is 5. The topological polar surface area (TPSA) is 61.5 Å². The number of nitrogen functional groups attached to an aromatic ring is 1. The van der Waals surface area contributed by atoms with Gasteiger partial charge in [-0.25, -0.2) is 4.79 Å². The Bertz CT molecular complexity index is 1100. The molecule has 0 spiro atoms. The van der Waals surface area contributed by atoms with Gasteiger partial charge in [-0.2, -0.15) is 26.3 Å². The lowest BCUT2D eigenvalue weighted by atomic mass is 9.97. The average molecular weight is 469 g/mol. The first kappa shape index (κ1) is 24.0. The van der Waals surface area contributed by atoms with Gasteiger partial charge in [0.15, 0.2) is 0 Å². The van der Waals surface area contributed by atoms with Crippen molar-refractivity contribution in [3.8, 4) is 5.75 Å². The van der Waals surface area contributed by atoms with Crippen LogP contribution in [0.1, 0.15) is 38.7 Å². The molecule has 3 aromatic rings. The lowest BCUT2D eigenvalue weighted by molar-refractivity contribution is -0.138. The molecule has 0 unspecified atom stereocenters. The maximum absolute atomic E-state index is 13.3. The summed E-state index contributed by atoms with van der Waals surface area (Å²) in [5.41, 5.74) is 3.57. The average Bonchev–Trinajstić information content (AvgIpc) is 2.76. The van der Waals surface area contributed by atoms with Crippen LogP contribution < -0.4 is 10.5 Å². The van der Waals surface area contributed by atoms with E-state index < -0.39 is 35.6 Å². The maximum Gasteiger partial charge on any atom is 0.416 e. The summed E-state index contributed by atoms with van der Waals surface area (Å²) in [5, 5.41) is 0. The predicted octanol–water partition coefficient (Wildman–Crippen LogP) is 6.26. The maximum atomic E-state index is 13.3. The van der Waals surface area contributed by atoms with Crippen molar-refractivity contribution < 1.29 is 40.6 Å². The quantitative estimate of drug-likeness (QED) is 0.272. The molecule has 0 aliphatic carbocycles. The van der Waals surface area contributed by atoms with Gasteiger partial charge in [-0.3, -0.25) is 0 Å². The standard InChI is InChI=1S/C23H17F6NO3/c1-32-21(31)18-12-17(30)8-9-19(18)33-20(13-4-2-6-15(10-13)22(24,25)26)14-5-3-7-16(11-14)23(27,28)29/h2-12,20H,30H2,1H3. The van der Waals surface area contributed by atoms with Gasteiger partial charge in [0, 0.05) is 5.69 Å². The van der Waals surface area contributed by atoms with Crippen LogP contribution >= 0.6 is 0 Å². The first-order valence-electron chi connectivity index (χ1n) is 9.39. The van der Waals surface area contributed by atoms with Gasteiger partial charge in [0.1, 0.15) is 17.4 Å². The summed E-state index contributed by atoms with van der Waals surface area (Å²) in [5.74, 6) is -0.972. The van der Waals surface area contributed by atoms with E-state index in [1.165, 1.54) is 30.3 Å². The number of anilines is 1. The number of hydrogen-bond donors (Lipinski definition) is 1. The largest absolute Gasteiger partial charge is 0.480 e. The van der Waals surface area contributed by atoms with Gasteiger partial charge in [-0.1, -0.05) is 24.3 Å². The van der Waals surface area contributed by atoms with Crippen LogP contribution in [0.2, 0.25) is 0 Å². The molecule has 10 heteroatoms. The van der Waals surface area contributed by atoms with E-state index in [0.717, 1.165) is 43.5 Å². The molecule has 0 amide bonds. The molecule has 0 radical (unpaired) electrons. The third kappa shape index (κ3) is 5.57. The van der Waals surface area contributed by atoms with Crippen molar-refractivity contribution in [1.82, 2.24) is 0 Å². The Hall–Kier alpha value is -3.69. The molecule has 3 rings (SSSR count). The molecule has 3 aromatic carbocycles. The number of ether oxygens (including phenoxy) is 2. The molecule has 0 heterocycles. The highest BCUT2D eigenvalue weighted by Gasteiger charge is 2.33. The number of carbonyl (C=O) groups excluding carboxylic acids is 1. The summed E-state index contributed by atoms with van der Waals surface area (Å²) in [4.78, 5) is 12.2. The van der Waals surface area contributed by atoms with E-state index in [4.69, 9.17) is 10.5 Å². The fourth-order valence-electron chi connectivity index (χ4n) is 3.13. The third-order valence-corrected chi connectivity index (χ3v) is 4.69. The summed E-state index contributed by atoms with van der Waals surface area (Å²) >= 11 is 0. The Morgan fingerprint density at radius 1 is 0.818 bits per heavy atom. The second-order valence-corrected chi connectivity index (χ2v) is 6.99. The second-order valence-electron chi connectivity index (χ2n) is 6.99. The minimum Gasteiger partial charge on any atom is -0.480 e. The number of halogens is 6. The SMILES string of the molecule is COC(=O)c1cc(N)ccc1OC(c1cccc(C(F)(F)F)c1)c1cccc(C(F)(F)F)c1. The van der Waals surface area contributed by atoms with E-state index in [2.05, 4.69) is 4.74 Å². The molecule has 0 bridgehead atoms. The van der Waals surface area contributed by atoms with E-state index >= 15 is 0 Å². The number of alkyl halides is 6. The Labute approximate surface area is 184 Å². The van der Waals surface area contributed by atoms with Gasteiger partial charge >= 0.3 is 18.3 Å². The lowest BCUT2D eigenvalue weighted by Crippen LogP contribution is -2.15. The van der Waals surface area contributed by atoms with Gasteiger partial charge in [0.25, 0.3) is 0 Å². The van der Waals surface area contributed by atoms with Crippen LogP contribution in [0.4, 0.5) is 32.0 Å². The van der Waals surface area contributed by atoms with Gasteiger partial charge < -0.3 is 15.2 Å². The number of hydrogen-bond acceptors (Lipinski definition) is 4. The fourth-order valence-corrected chi connectivity index (χ4v) is 3.13. The van der Waals surface area contributed by atoms with E-state index in [1.54, 1.807) is 0 Å². The van der Waals surface area contributed by atoms with Crippen molar-refractivity contribution in [2.75, 3.05) is 12.8 Å². The Morgan fingerprint density at radius 2 is 1.33 bits per heavy atom. The summed E-state index contributed by atoms with van der Waals surface area (Å²) in [6.07, 6.45) is -10.8. The van der Waals surface area contributed by atoms with E-state index in [9.17, 15) is 31.1 Å². The highest BCUT2D eigenvalue weighted by molar-refractivity contribution is 5.93. The smallest absolute Gasteiger partial charge is 0.416 e. The molecule has 33 heavy (non-hydrogen) atoms. The van der Waals surface area contributed by atoms with Crippen molar-refractivity contribution in [1.29, 1.82) is 0 Å². The number of methoxy groups -OCH3 is 1. The van der Waals surface area contributed by atoms with Crippen LogP contribution in [-0.2, 0) is 17.1 Å². The van der Waals surface area contributed by atoms with Gasteiger partial charge in [-0.05, 0) is 53.6 Å². The minimum absolute atomic E-state index is 0.0724. The highest BCUT2D eigenvalue weighted by atomic mass is 19.4. The normalized spacial score (nSPS) is 12.0. The fraction of sp³-hybridized carbons (Fsp3) is 0.174. The Kier molecular flexibility index (Phi) is 6.57. The van der Waals surface area contributed by atoms with E-state index in [0.29, 0.717) is 0 Å². The first-order valence-corrected chi connectivity index (χ1v) is 9.39. The Morgan fingerprint density at radius 3 is 1.79 bits per heavy atom. The second kappa shape index (κ2) is 9.05. The molecule has 0 aliphatic heterocycles. The summed E-state index contributed by atoms with van der Waals surface area (Å²) in [6.45, 7) is 0. The molecule has 0 atom stereocenters. The van der Waals surface area contributed by atoms with Crippen LogP contribution in [0.3, 0.4) is 0 Å². The zero-order chi connectivity index (χ0) is 24.4. The van der Waals surface area contributed by atoms with Gasteiger partial charge in [0.2, 0.25) is 0 Å². The number of nitrogens with two attached hydrogens (primary N) is 1. The zero-order valence-electron chi connectivity index (χ0n) is 17.0. The van der Waals surface area contributed by atoms with Crippen LogP contribution in [0.5, 0.6) is 5.75 Å². The number of carbonyl (C=O) groups is 1. The van der Waals surface area contributed by atoms with Gasteiger partial charge in [0.05, 0.1) is 18.2 Å². The third-order valence-electron chi connectivity index (χ3n) is 4.69. The molecule has 0 aromatic heterocycles. The van der Waals surface area contributed by atoms with E-state index in [-0.39, 0.29) is 28.1 Å².